The molecule has 3 fully saturated rings. The van der Waals surface area contributed by atoms with Crippen LogP contribution in [-0.2, 0) is 36.7 Å². The molecular formula is C80H99FN6O8S. The largest absolute Gasteiger partial charge is 0.481 e. The summed E-state index contributed by atoms with van der Waals surface area (Å²) in [6, 6.07) is 57.0. The molecule has 1 aromatic heterocycles. The fourth-order valence-corrected chi connectivity index (χ4v) is 14.8. The molecule has 0 aliphatic heterocycles. The third kappa shape index (κ3) is 21.4. The van der Waals surface area contributed by atoms with E-state index in [1.807, 2.05) is 73.7 Å². The van der Waals surface area contributed by atoms with Gasteiger partial charge in [-0.05, 0) is 204 Å². The first-order valence-electron chi connectivity index (χ1n) is 33.9. The number of rotatable bonds is 24. The van der Waals surface area contributed by atoms with Gasteiger partial charge in [-0.3, -0.25) is 43.4 Å². The fraction of sp³-hybridized carbons (Fsp3) is 0.412. The number of ketones is 3. The summed E-state index contributed by atoms with van der Waals surface area (Å²) >= 11 is 1.79. The van der Waals surface area contributed by atoms with Crippen molar-refractivity contribution in [3.63, 3.8) is 0 Å². The highest BCUT2D eigenvalue weighted by atomic mass is 32.1. The number of nitrogens with zero attached hydrogens (tertiary/aromatic N) is 3. The number of carbonyl (C=O) groups is 7. The first-order chi connectivity index (χ1) is 46.0. The van der Waals surface area contributed by atoms with E-state index in [0.717, 1.165) is 95.5 Å². The minimum atomic E-state index is -0.856. The maximum absolute atomic E-state index is 13.2. The molecule has 3 aliphatic rings. The molecule has 14 nitrogen and oxygen atoms in total. The van der Waals surface area contributed by atoms with Crippen molar-refractivity contribution in [3.8, 4) is 0 Å². The van der Waals surface area contributed by atoms with Crippen LogP contribution in [0.5, 0.6) is 0 Å². The van der Waals surface area contributed by atoms with Crippen molar-refractivity contribution < 1.29 is 43.1 Å². The van der Waals surface area contributed by atoms with Crippen LogP contribution in [0.1, 0.15) is 187 Å². The molecule has 3 amide bonds. The van der Waals surface area contributed by atoms with Crippen molar-refractivity contribution in [2.24, 2.45) is 11.7 Å². The molecule has 7 aromatic rings. The summed E-state index contributed by atoms with van der Waals surface area (Å²) in [7, 11) is 12.9. The third-order valence-corrected chi connectivity index (χ3v) is 21.1. The molecule has 1 atom stereocenters. The monoisotopic (exact) mass is 1320 g/mol. The zero-order chi connectivity index (χ0) is 69.3. The van der Waals surface area contributed by atoms with E-state index in [-0.39, 0.29) is 101 Å². The summed E-state index contributed by atoms with van der Waals surface area (Å²) in [6.07, 6.45) is 15.0. The van der Waals surface area contributed by atoms with E-state index in [9.17, 15) is 38.0 Å². The van der Waals surface area contributed by atoms with Crippen LogP contribution in [0.3, 0.4) is 0 Å². The summed E-state index contributed by atoms with van der Waals surface area (Å²) in [5.74, 6) is -1.83. The highest BCUT2D eigenvalue weighted by molar-refractivity contribution is 7.10. The van der Waals surface area contributed by atoms with Gasteiger partial charge in [0.25, 0.3) is 0 Å². The van der Waals surface area contributed by atoms with Gasteiger partial charge in [-0.2, -0.15) is 0 Å². The number of carbonyl (C=O) groups excluding carboxylic acids is 6. The number of hydrogen-bond acceptors (Lipinski definition) is 11. The highest BCUT2D eigenvalue weighted by Crippen LogP contribution is 2.45. The number of thiophene rings is 1. The normalized spacial score (nSPS) is 20.9. The van der Waals surface area contributed by atoms with E-state index >= 15 is 0 Å². The highest BCUT2D eigenvalue weighted by Gasteiger charge is 2.42. The second kappa shape index (κ2) is 36.7. The lowest BCUT2D eigenvalue weighted by Crippen LogP contribution is -2.51. The van der Waals surface area contributed by atoms with E-state index in [1.165, 1.54) is 40.3 Å². The van der Waals surface area contributed by atoms with Crippen LogP contribution in [0, 0.1) is 11.7 Å². The average Bonchev–Trinajstić information content (AvgIpc) is 1.11. The summed E-state index contributed by atoms with van der Waals surface area (Å²) in [5.41, 5.74) is 11.7. The molecule has 96 heavy (non-hydrogen) atoms. The molecule has 10 rings (SSSR count). The van der Waals surface area contributed by atoms with Crippen LogP contribution in [-0.4, -0.2) is 121 Å². The first kappa shape index (κ1) is 75.1. The Balaban J connectivity index is 0.000000192. The number of aryl methyl sites for hydroxylation is 1. The van der Waals surface area contributed by atoms with Crippen molar-refractivity contribution in [2.45, 2.75) is 164 Å². The van der Waals surface area contributed by atoms with Gasteiger partial charge in [0, 0.05) is 81.9 Å². The first-order valence-corrected chi connectivity index (χ1v) is 34.8. The summed E-state index contributed by atoms with van der Waals surface area (Å²) in [5, 5.41) is 16.9. The van der Waals surface area contributed by atoms with Crippen molar-refractivity contribution in [2.75, 3.05) is 42.3 Å². The summed E-state index contributed by atoms with van der Waals surface area (Å²) in [4.78, 5) is 91.7. The molecule has 6 aromatic carbocycles. The van der Waals surface area contributed by atoms with E-state index < -0.39 is 5.97 Å². The van der Waals surface area contributed by atoms with E-state index in [2.05, 4.69) is 140 Å². The number of nitrogens with two attached hydrogens (primary N) is 1. The van der Waals surface area contributed by atoms with Crippen LogP contribution in [0.15, 0.2) is 187 Å². The number of aliphatic carboxylic acids is 1. The van der Waals surface area contributed by atoms with Gasteiger partial charge in [-0.15, -0.1) is 11.3 Å². The Morgan fingerprint density at radius 3 is 1.59 bits per heavy atom. The van der Waals surface area contributed by atoms with Crippen molar-refractivity contribution >= 4 is 52.4 Å². The van der Waals surface area contributed by atoms with Gasteiger partial charge >= 0.3 is 5.97 Å². The number of nitrogens with one attached hydrogen (secondary N) is 2. The molecule has 0 bridgehead atoms. The Bertz CT molecular complexity index is 3570. The maximum atomic E-state index is 13.2. The Labute approximate surface area is 572 Å². The summed E-state index contributed by atoms with van der Waals surface area (Å²) < 4.78 is 12.9. The maximum Gasteiger partial charge on any atom is 0.303 e. The smallest absolute Gasteiger partial charge is 0.303 e. The number of amides is 3. The number of hydrogen-bond donors (Lipinski definition) is 4. The minimum Gasteiger partial charge on any atom is -0.481 e. The number of carboxylic acids is 1. The van der Waals surface area contributed by atoms with Crippen LogP contribution >= 0.6 is 11.3 Å². The molecule has 1 heterocycles. The number of primary amides is 1. The predicted octanol–water partition coefficient (Wildman–Crippen LogP) is 14.6. The SMILES string of the molecule is CC(C(=O)NC1CCC(CCc2ccccc2)(N(C)C)CC1)c1cccc(C(=O)c2ccccc2)c1.CN(C)C1(c2ccccc2)CCC(C(N)=O)CC1.CN(C)C1(c2cccs2)CCC(NC(=O)CCC(=O)c2ccc(F)cc2)CC1.O=C(O)CCCC(=O)c1ccccc1. The Morgan fingerprint density at radius 2 is 1.05 bits per heavy atom. The molecule has 16 heteroatoms. The molecule has 510 valence electrons. The lowest BCUT2D eigenvalue weighted by atomic mass is 9.72. The van der Waals surface area contributed by atoms with Gasteiger partial charge in [0.2, 0.25) is 17.7 Å². The van der Waals surface area contributed by atoms with Crippen LogP contribution in [0.25, 0.3) is 0 Å². The quantitative estimate of drug-likeness (QED) is 0.0420. The zero-order valence-corrected chi connectivity index (χ0v) is 58.0. The second-order valence-corrected chi connectivity index (χ2v) is 27.6. The number of carboxylic acid groups (broad SMARTS) is 1. The molecule has 3 aliphatic carbocycles. The van der Waals surface area contributed by atoms with Gasteiger partial charge in [0.1, 0.15) is 5.82 Å². The molecule has 3 saturated carbocycles. The molecule has 0 radical (unpaired) electrons. The minimum absolute atomic E-state index is 0.00634. The Kier molecular flexibility index (Phi) is 28.7. The molecule has 0 spiro atoms. The van der Waals surface area contributed by atoms with E-state index in [1.54, 1.807) is 35.6 Å². The van der Waals surface area contributed by atoms with Gasteiger partial charge in [-0.25, -0.2) is 4.39 Å². The third-order valence-electron chi connectivity index (χ3n) is 20.0. The number of benzene rings is 6. The molecular weight excluding hydrogens is 1220 g/mol. The van der Waals surface area contributed by atoms with E-state index in [0.29, 0.717) is 35.1 Å². The van der Waals surface area contributed by atoms with Gasteiger partial charge in [0.15, 0.2) is 17.3 Å². The van der Waals surface area contributed by atoms with Crippen LogP contribution in [0.2, 0.25) is 0 Å². The molecule has 1 unspecified atom stereocenters. The van der Waals surface area contributed by atoms with Gasteiger partial charge < -0.3 is 26.4 Å². The Morgan fingerprint density at radius 1 is 0.542 bits per heavy atom. The van der Waals surface area contributed by atoms with Crippen molar-refractivity contribution in [1.29, 1.82) is 0 Å². The lowest BCUT2D eigenvalue weighted by Gasteiger charge is -2.45. The summed E-state index contributed by atoms with van der Waals surface area (Å²) in [6.45, 7) is 1.92. The molecule has 0 saturated heterocycles. The van der Waals surface area contributed by atoms with Gasteiger partial charge in [-0.1, -0.05) is 146 Å². The second-order valence-electron chi connectivity index (χ2n) is 26.6. The number of halogens is 1. The lowest BCUT2D eigenvalue weighted by molar-refractivity contribution is -0.137. The predicted molar refractivity (Wildman–Crippen MR) is 382 cm³/mol. The van der Waals surface area contributed by atoms with Gasteiger partial charge in [0.05, 0.1) is 11.5 Å². The standard InChI is InChI=1S/C32H38N2O2.C22H27FN2O2S.C15H22N2O.C11H12O3/c1-24(27-15-10-16-28(23-27)30(35)26-13-8-5-9-14-26)31(36)33-29-18-21-32(22-19-29,34(2)3)20-17-25-11-6-4-7-12-25;1-25(2)22(20-4-3-15-28-20)13-11-18(12-14-22)24-21(27)10-9-19(26)16-5-7-17(23)8-6-16;1-17(2)15(13-6-4-3-5-7-13)10-8-12(9-11-15)14(16)18;12-10(7-4-8-11(13)14)9-5-2-1-3-6-9/h4-16,23-24,29H,17-22H2,1-3H3,(H,33,36);3-8,15,18H,9-14H2,1-2H3,(H,24,27);3-7,12H,8-11H2,1-2H3,(H2,16,18);1-3,5-6H,4,7-8H2,(H,13,14). The van der Waals surface area contributed by atoms with Crippen LogP contribution in [0.4, 0.5) is 4.39 Å². The Hall–Kier alpha value is -8.28. The van der Waals surface area contributed by atoms with E-state index in [4.69, 9.17) is 10.8 Å². The number of Topliss-reactive ketones (excluding diaryl/α,β-unsaturated/α-hetero) is 2. The van der Waals surface area contributed by atoms with Crippen molar-refractivity contribution in [1.82, 2.24) is 25.3 Å². The fourth-order valence-electron chi connectivity index (χ4n) is 13.7. The molecule has 5 N–H and O–H groups in total. The van der Waals surface area contributed by atoms with Crippen molar-refractivity contribution in [3.05, 3.63) is 237 Å². The average molecular weight is 1320 g/mol. The topological polar surface area (TPSA) is 200 Å². The zero-order valence-electron chi connectivity index (χ0n) is 57.2. The van der Waals surface area contributed by atoms with Crippen LogP contribution < -0.4 is 16.4 Å².